The summed E-state index contributed by atoms with van der Waals surface area (Å²) in [4.78, 5) is 15.4. The molecule has 0 unspecified atom stereocenters. The smallest absolute Gasteiger partial charge is 0.550 e. The first-order chi connectivity index (χ1) is 14.6. The van der Waals surface area contributed by atoms with E-state index in [1.54, 1.807) is 12.3 Å². The zero-order chi connectivity index (χ0) is 20.9. The van der Waals surface area contributed by atoms with Crippen LogP contribution in [0.25, 0.3) is 22.0 Å². The van der Waals surface area contributed by atoms with E-state index in [1.807, 2.05) is 66.7 Å². The number of fused-ring (bicyclic) bond motifs is 1. The van der Waals surface area contributed by atoms with Gasteiger partial charge >= 0.3 is 29.6 Å². The standard InChI is InChI=1S/C24H20N4O2.Na/c25-24-20-9-5-4-8-19(20)17(10-13-23(29)30)14-22(24)28-27-18-11-12-21(26-15-18)16-6-2-1-3-7-16;/h1-9,11-12,14-15H,10,13,25H2,(H,29,30);/q;+1/p-1. The first-order valence-corrected chi connectivity index (χ1v) is 9.55. The van der Waals surface area contributed by atoms with Crippen LogP contribution in [0, 0.1) is 0 Å². The Morgan fingerprint density at radius 1 is 0.935 bits per heavy atom. The van der Waals surface area contributed by atoms with E-state index in [4.69, 9.17) is 5.73 Å². The van der Waals surface area contributed by atoms with Crippen molar-refractivity contribution >= 4 is 33.8 Å². The predicted molar refractivity (Wildman–Crippen MR) is 116 cm³/mol. The molecule has 0 spiro atoms. The Balaban J connectivity index is 0.00000272. The van der Waals surface area contributed by atoms with Crippen molar-refractivity contribution in [2.24, 2.45) is 10.2 Å². The van der Waals surface area contributed by atoms with Crippen LogP contribution >= 0.6 is 0 Å². The van der Waals surface area contributed by atoms with Crippen LogP contribution in [0.5, 0.6) is 0 Å². The number of nitrogen functional groups attached to an aromatic ring is 1. The van der Waals surface area contributed by atoms with Gasteiger partial charge in [0.25, 0.3) is 0 Å². The van der Waals surface area contributed by atoms with Gasteiger partial charge in [0.15, 0.2) is 0 Å². The molecule has 0 aliphatic carbocycles. The minimum absolute atomic E-state index is 0. The van der Waals surface area contributed by atoms with Gasteiger partial charge < -0.3 is 15.6 Å². The van der Waals surface area contributed by atoms with E-state index in [1.165, 1.54) is 0 Å². The van der Waals surface area contributed by atoms with Crippen molar-refractivity contribution in [1.82, 2.24) is 4.98 Å². The summed E-state index contributed by atoms with van der Waals surface area (Å²) >= 11 is 0. The van der Waals surface area contributed by atoms with E-state index >= 15 is 0 Å². The molecule has 31 heavy (non-hydrogen) atoms. The number of hydrogen-bond donors (Lipinski definition) is 1. The van der Waals surface area contributed by atoms with Gasteiger partial charge in [-0.25, -0.2) is 0 Å². The van der Waals surface area contributed by atoms with Gasteiger partial charge in [-0.15, -0.1) is 10.2 Å². The monoisotopic (exact) mass is 418 g/mol. The average Bonchev–Trinajstić information content (AvgIpc) is 2.79. The molecular formula is C24H19N4NaO2. The maximum absolute atomic E-state index is 10.9. The summed E-state index contributed by atoms with van der Waals surface area (Å²) < 4.78 is 0. The zero-order valence-corrected chi connectivity index (χ0v) is 19.2. The number of nitrogens with zero attached hydrogens (tertiary/aromatic N) is 3. The van der Waals surface area contributed by atoms with Gasteiger partial charge in [0.1, 0.15) is 11.4 Å². The summed E-state index contributed by atoms with van der Waals surface area (Å²) in [6.45, 7) is 0. The van der Waals surface area contributed by atoms with Crippen LogP contribution in [0.4, 0.5) is 17.1 Å². The Labute approximate surface area is 202 Å². The maximum atomic E-state index is 10.9. The second kappa shape index (κ2) is 10.3. The van der Waals surface area contributed by atoms with E-state index in [2.05, 4.69) is 15.2 Å². The van der Waals surface area contributed by atoms with Crippen molar-refractivity contribution in [1.29, 1.82) is 0 Å². The Hall–Kier alpha value is -3.06. The molecule has 0 radical (unpaired) electrons. The molecule has 6 nitrogen and oxygen atoms in total. The van der Waals surface area contributed by atoms with Crippen LogP contribution in [0.2, 0.25) is 0 Å². The van der Waals surface area contributed by atoms with Crippen molar-refractivity contribution in [3.8, 4) is 11.3 Å². The van der Waals surface area contributed by atoms with Crippen molar-refractivity contribution in [2.75, 3.05) is 5.73 Å². The second-order valence-electron chi connectivity index (χ2n) is 6.85. The number of aryl methyl sites for hydroxylation is 1. The Bertz CT molecular complexity index is 1230. The molecule has 0 aliphatic heterocycles. The topological polar surface area (TPSA) is 104 Å². The maximum Gasteiger partial charge on any atom is 1.00 e. The summed E-state index contributed by atoms with van der Waals surface area (Å²) in [5.74, 6) is -1.09. The fraction of sp³-hybridized carbons (Fsp3) is 0.0833. The van der Waals surface area contributed by atoms with Gasteiger partial charge in [-0.05, 0) is 42.0 Å². The van der Waals surface area contributed by atoms with Crippen LogP contribution in [0.3, 0.4) is 0 Å². The number of pyridine rings is 1. The summed E-state index contributed by atoms with van der Waals surface area (Å²) in [7, 11) is 0. The van der Waals surface area contributed by atoms with E-state index < -0.39 is 5.97 Å². The second-order valence-corrected chi connectivity index (χ2v) is 6.85. The van der Waals surface area contributed by atoms with Crippen LogP contribution in [-0.4, -0.2) is 11.0 Å². The fourth-order valence-electron chi connectivity index (χ4n) is 3.32. The number of benzene rings is 3. The number of carbonyl (C=O) groups excluding carboxylic acids is 1. The van der Waals surface area contributed by atoms with Gasteiger partial charge in [0.2, 0.25) is 0 Å². The average molecular weight is 418 g/mol. The number of azo groups is 1. The summed E-state index contributed by atoms with van der Waals surface area (Å²) in [6, 6.07) is 23.0. The third-order valence-electron chi connectivity index (χ3n) is 4.84. The largest absolute Gasteiger partial charge is 1.00 e. The van der Waals surface area contributed by atoms with Gasteiger partial charge in [-0.1, -0.05) is 54.6 Å². The zero-order valence-electron chi connectivity index (χ0n) is 17.2. The van der Waals surface area contributed by atoms with E-state index in [9.17, 15) is 9.90 Å². The number of nitrogens with two attached hydrogens (primary N) is 1. The molecule has 1 heterocycles. The fourth-order valence-corrected chi connectivity index (χ4v) is 3.32. The van der Waals surface area contributed by atoms with Crippen LogP contribution in [-0.2, 0) is 11.2 Å². The molecule has 0 amide bonds. The van der Waals surface area contributed by atoms with Crippen LogP contribution in [0.1, 0.15) is 12.0 Å². The third kappa shape index (κ3) is 5.35. The SMILES string of the molecule is Nc1c(N=Nc2ccc(-c3ccccc3)nc2)cc(CCC(=O)[O-])c2ccccc12.[Na+]. The quantitative estimate of drug-likeness (QED) is 0.292. The molecule has 0 saturated carbocycles. The van der Waals surface area contributed by atoms with Crippen LogP contribution < -0.4 is 40.4 Å². The normalized spacial score (nSPS) is 10.8. The number of aromatic nitrogens is 1. The molecule has 4 rings (SSSR count). The molecule has 2 N–H and O–H groups in total. The van der Waals surface area contributed by atoms with E-state index in [0.29, 0.717) is 23.5 Å². The molecule has 4 aromatic rings. The molecule has 3 aromatic carbocycles. The number of hydrogen-bond acceptors (Lipinski definition) is 6. The first kappa shape index (κ1) is 22.6. The molecule has 0 aliphatic rings. The Morgan fingerprint density at radius 3 is 2.32 bits per heavy atom. The third-order valence-corrected chi connectivity index (χ3v) is 4.84. The number of carboxylic acids is 1. The number of carbonyl (C=O) groups is 1. The minimum Gasteiger partial charge on any atom is -0.550 e. The van der Waals surface area contributed by atoms with Crippen LogP contribution in [0.15, 0.2) is 89.2 Å². The minimum atomic E-state index is -1.09. The predicted octanol–water partition coefficient (Wildman–Crippen LogP) is 1.59. The van der Waals surface area contributed by atoms with Crippen molar-refractivity contribution in [3.05, 3.63) is 84.6 Å². The molecular weight excluding hydrogens is 399 g/mol. The Kier molecular flexibility index (Phi) is 7.52. The van der Waals surface area contributed by atoms with Crippen molar-refractivity contribution in [2.45, 2.75) is 12.8 Å². The van der Waals surface area contributed by atoms with Crippen molar-refractivity contribution in [3.63, 3.8) is 0 Å². The van der Waals surface area contributed by atoms with E-state index in [-0.39, 0.29) is 36.0 Å². The number of aliphatic carboxylic acids is 1. The molecule has 0 saturated heterocycles. The molecule has 1 aromatic heterocycles. The molecule has 0 fully saturated rings. The van der Waals surface area contributed by atoms with Gasteiger partial charge in [0, 0.05) is 16.9 Å². The summed E-state index contributed by atoms with van der Waals surface area (Å²) in [6.07, 6.45) is 1.91. The molecule has 148 valence electrons. The molecule has 0 atom stereocenters. The number of carboxylic acid groups (broad SMARTS) is 1. The summed E-state index contributed by atoms with van der Waals surface area (Å²) in [5.41, 5.74) is 10.6. The van der Waals surface area contributed by atoms with Gasteiger partial charge in [-0.3, -0.25) is 4.98 Å². The molecule has 7 heteroatoms. The van der Waals surface area contributed by atoms with Crippen molar-refractivity contribution < 1.29 is 39.5 Å². The number of rotatable bonds is 6. The van der Waals surface area contributed by atoms with E-state index in [0.717, 1.165) is 27.6 Å². The Morgan fingerprint density at radius 2 is 1.65 bits per heavy atom. The van der Waals surface area contributed by atoms with Gasteiger partial charge in [0.05, 0.1) is 17.6 Å². The van der Waals surface area contributed by atoms with Gasteiger partial charge in [-0.2, -0.15) is 0 Å². The molecule has 0 bridgehead atoms. The first-order valence-electron chi connectivity index (χ1n) is 9.55. The number of anilines is 1. The summed E-state index contributed by atoms with van der Waals surface area (Å²) in [5, 5.41) is 21.2.